The van der Waals surface area contributed by atoms with Crippen LogP contribution in [0.4, 0.5) is 5.95 Å². The minimum Gasteiger partial charge on any atom is -0.341 e. The Morgan fingerprint density at radius 3 is 2.46 bits per heavy atom. The zero-order valence-corrected chi connectivity index (χ0v) is 20.2. The molecule has 1 aromatic carbocycles. The number of anilines is 1. The minimum atomic E-state index is -0.0130. The summed E-state index contributed by atoms with van der Waals surface area (Å²) in [6, 6.07) is 20.2. The monoisotopic (exact) mass is 463 g/mol. The molecule has 6 rings (SSSR count). The Balaban J connectivity index is 1.29. The molecule has 0 amide bonds. The number of rotatable bonds is 4. The van der Waals surface area contributed by atoms with Crippen molar-refractivity contribution in [1.82, 2.24) is 19.5 Å². The summed E-state index contributed by atoms with van der Waals surface area (Å²) in [5, 5.41) is 0. The molecule has 1 atom stereocenters. The molecule has 0 saturated carbocycles. The van der Waals surface area contributed by atoms with Crippen molar-refractivity contribution in [3.63, 3.8) is 0 Å². The first kappa shape index (κ1) is 21.7. The first-order valence-electron chi connectivity index (χ1n) is 12.3. The number of fused-ring (bicyclic) bond motifs is 2. The fourth-order valence-corrected chi connectivity index (χ4v) is 5.53. The number of hydrogen-bond donors (Lipinski definition) is 0. The Bertz CT molecular complexity index is 1430. The summed E-state index contributed by atoms with van der Waals surface area (Å²) in [6.45, 7) is 6.85. The van der Waals surface area contributed by atoms with Crippen molar-refractivity contribution in [3.05, 3.63) is 94.7 Å². The van der Waals surface area contributed by atoms with E-state index in [1.807, 2.05) is 22.8 Å². The van der Waals surface area contributed by atoms with E-state index in [1.165, 1.54) is 11.3 Å². The molecule has 0 bridgehead atoms. The highest BCUT2D eigenvalue weighted by atomic mass is 16.1. The third-order valence-electron chi connectivity index (χ3n) is 7.06. The summed E-state index contributed by atoms with van der Waals surface area (Å²) < 4.78 is 1.85. The largest absolute Gasteiger partial charge is 0.341 e. The molecule has 6 nitrogen and oxygen atoms in total. The molecule has 2 aliphatic rings. The van der Waals surface area contributed by atoms with Crippen LogP contribution in [0.15, 0.2) is 77.9 Å². The molecule has 0 saturated heterocycles. The van der Waals surface area contributed by atoms with Crippen LogP contribution >= 0.6 is 0 Å². The van der Waals surface area contributed by atoms with Crippen LogP contribution in [0.5, 0.6) is 0 Å². The van der Waals surface area contributed by atoms with Gasteiger partial charge in [0.1, 0.15) is 0 Å². The van der Waals surface area contributed by atoms with Gasteiger partial charge in [-0.25, -0.2) is 4.98 Å². The highest BCUT2D eigenvalue weighted by Crippen LogP contribution is 2.34. The van der Waals surface area contributed by atoms with Crippen molar-refractivity contribution in [2.45, 2.75) is 33.2 Å². The third-order valence-corrected chi connectivity index (χ3v) is 7.06. The molecule has 0 fully saturated rings. The van der Waals surface area contributed by atoms with Crippen molar-refractivity contribution in [2.75, 3.05) is 18.0 Å². The van der Waals surface area contributed by atoms with Gasteiger partial charge in [0.15, 0.2) is 0 Å². The summed E-state index contributed by atoms with van der Waals surface area (Å²) in [5.74, 6) is 1.21. The average molecular weight is 464 g/mol. The smallest absolute Gasteiger partial charge is 0.255 e. The Morgan fingerprint density at radius 1 is 0.886 bits per heavy atom. The van der Waals surface area contributed by atoms with Gasteiger partial charge in [-0.3, -0.25) is 19.3 Å². The standard InChI is InChI=1S/C29H29N5O/c1-29(2)18-33(28-32-26(16-27(35)34(28)19-29)22-10-12-30-13-11-22)17-20-14-23-8-9-24(31-25(23)15-20)21-6-4-3-5-7-21/h3-13,16,20H,14-15,17-19H2,1-2H3. The van der Waals surface area contributed by atoms with Crippen LogP contribution in [0.2, 0.25) is 0 Å². The topological polar surface area (TPSA) is 63.9 Å². The molecule has 1 unspecified atom stereocenters. The number of hydrogen-bond acceptors (Lipinski definition) is 5. The molecule has 1 aliphatic carbocycles. The van der Waals surface area contributed by atoms with Gasteiger partial charge < -0.3 is 4.90 Å². The summed E-state index contributed by atoms with van der Waals surface area (Å²) in [7, 11) is 0. The maximum absolute atomic E-state index is 13.1. The summed E-state index contributed by atoms with van der Waals surface area (Å²) in [5.41, 5.74) is 6.32. The van der Waals surface area contributed by atoms with E-state index in [-0.39, 0.29) is 11.0 Å². The van der Waals surface area contributed by atoms with Gasteiger partial charge in [0.2, 0.25) is 5.95 Å². The molecular formula is C29H29N5O. The van der Waals surface area contributed by atoms with Crippen molar-refractivity contribution in [2.24, 2.45) is 11.3 Å². The zero-order valence-electron chi connectivity index (χ0n) is 20.2. The normalized spacial score (nSPS) is 18.2. The molecule has 4 aromatic rings. The molecule has 0 radical (unpaired) electrons. The second-order valence-electron chi connectivity index (χ2n) is 10.6. The molecule has 35 heavy (non-hydrogen) atoms. The van der Waals surface area contributed by atoms with Crippen molar-refractivity contribution in [3.8, 4) is 22.5 Å². The van der Waals surface area contributed by atoms with Gasteiger partial charge in [0.05, 0.1) is 11.4 Å². The third kappa shape index (κ3) is 4.25. The number of benzene rings is 1. The van der Waals surface area contributed by atoms with E-state index in [0.717, 1.165) is 48.7 Å². The second kappa shape index (κ2) is 8.45. The SMILES string of the molecule is CC1(C)CN(CC2Cc3ccc(-c4ccccc4)nc3C2)c2nc(-c3ccncc3)cc(=O)n2C1. The second-order valence-corrected chi connectivity index (χ2v) is 10.6. The zero-order chi connectivity index (χ0) is 24.0. The summed E-state index contributed by atoms with van der Waals surface area (Å²) in [4.78, 5) is 29.6. The molecular weight excluding hydrogens is 434 g/mol. The maximum Gasteiger partial charge on any atom is 0.255 e. The molecule has 176 valence electrons. The first-order chi connectivity index (χ1) is 16.9. The summed E-state index contributed by atoms with van der Waals surface area (Å²) in [6.07, 6.45) is 5.42. The van der Waals surface area contributed by atoms with Crippen LogP contribution in [-0.4, -0.2) is 32.6 Å². The van der Waals surface area contributed by atoms with Gasteiger partial charge in [-0.15, -0.1) is 0 Å². The van der Waals surface area contributed by atoms with Gasteiger partial charge in [-0.05, 0) is 42.5 Å². The highest BCUT2D eigenvalue weighted by Gasteiger charge is 2.35. The van der Waals surface area contributed by atoms with Crippen LogP contribution in [0, 0.1) is 11.3 Å². The molecule has 0 N–H and O–H groups in total. The fourth-order valence-electron chi connectivity index (χ4n) is 5.53. The van der Waals surface area contributed by atoms with Crippen LogP contribution < -0.4 is 10.5 Å². The molecule has 4 heterocycles. The number of pyridine rings is 2. The van der Waals surface area contributed by atoms with Crippen LogP contribution in [0.3, 0.4) is 0 Å². The van der Waals surface area contributed by atoms with E-state index in [9.17, 15) is 4.79 Å². The quantitative estimate of drug-likeness (QED) is 0.442. The van der Waals surface area contributed by atoms with E-state index in [1.54, 1.807) is 18.5 Å². The minimum absolute atomic E-state index is 0.00321. The lowest BCUT2D eigenvalue weighted by Gasteiger charge is -2.41. The van der Waals surface area contributed by atoms with Gasteiger partial charge in [0.25, 0.3) is 5.56 Å². The number of nitrogens with zero attached hydrogens (tertiary/aromatic N) is 5. The predicted octanol–water partition coefficient (Wildman–Crippen LogP) is 4.63. The molecule has 3 aromatic heterocycles. The molecule has 6 heteroatoms. The Labute approximate surface area is 205 Å². The first-order valence-corrected chi connectivity index (χ1v) is 12.3. The van der Waals surface area contributed by atoms with E-state index < -0.39 is 0 Å². The van der Waals surface area contributed by atoms with Crippen LogP contribution in [-0.2, 0) is 19.4 Å². The van der Waals surface area contributed by atoms with Gasteiger partial charge in [-0.2, -0.15) is 0 Å². The lowest BCUT2D eigenvalue weighted by Crippen LogP contribution is -2.49. The average Bonchev–Trinajstić information content (AvgIpc) is 3.27. The van der Waals surface area contributed by atoms with Crippen molar-refractivity contribution in [1.29, 1.82) is 0 Å². The van der Waals surface area contributed by atoms with E-state index in [0.29, 0.717) is 18.2 Å². The maximum atomic E-state index is 13.1. The van der Waals surface area contributed by atoms with E-state index in [4.69, 9.17) is 9.97 Å². The van der Waals surface area contributed by atoms with Gasteiger partial charge in [-0.1, -0.05) is 50.2 Å². The molecule has 0 spiro atoms. The van der Waals surface area contributed by atoms with Gasteiger partial charge >= 0.3 is 0 Å². The molecule has 1 aliphatic heterocycles. The fraction of sp³-hybridized carbons (Fsp3) is 0.310. The Kier molecular flexibility index (Phi) is 5.24. The Morgan fingerprint density at radius 2 is 1.66 bits per heavy atom. The summed E-state index contributed by atoms with van der Waals surface area (Å²) >= 11 is 0. The predicted molar refractivity (Wildman–Crippen MR) is 138 cm³/mol. The van der Waals surface area contributed by atoms with Crippen LogP contribution in [0.1, 0.15) is 25.1 Å². The van der Waals surface area contributed by atoms with Crippen molar-refractivity contribution >= 4 is 5.95 Å². The highest BCUT2D eigenvalue weighted by molar-refractivity contribution is 5.61. The Hall–Kier alpha value is -3.80. The van der Waals surface area contributed by atoms with Gasteiger partial charge in [0, 0.05) is 60.3 Å². The van der Waals surface area contributed by atoms with E-state index >= 15 is 0 Å². The van der Waals surface area contributed by atoms with Crippen molar-refractivity contribution < 1.29 is 0 Å². The lowest BCUT2D eigenvalue weighted by molar-refractivity contribution is 0.268. The number of aromatic nitrogens is 4. The van der Waals surface area contributed by atoms with Crippen LogP contribution in [0.25, 0.3) is 22.5 Å². The van der Waals surface area contributed by atoms with E-state index in [2.05, 4.69) is 60.1 Å². The lowest BCUT2D eigenvalue weighted by atomic mass is 9.90.